The third kappa shape index (κ3) is 12.7. The van der Waals surface area contributed by atoms with Gasteiger partial charge >= 0.3 is 0 Å². The molecule has 2 saturated heterocycles. The van der Waals surface area contributed by atoms with E-state index >= 15 is 0 Å². The number of hydroxylamine groups is 2. The summed E-state index contributed by atoms with van der Waals surface area (Å²) in [5.74, 6) is 0.102. The molecule has 1 amide bonds. The van der Waals surface area contributed by atoms with Gasteiger partial charge in [-0.25, -0.2) is 5.06 Å². The van der Waals surface area contributed by atoms with E-state index in [1.165, 1.54) is 12.8 Å². The van der Waals surface area contributed by atoms with Gasteiger partial charge in [0.25, 0.3) is 0 Å². The third-order valence-electron chi connectivity index (χ3n) is 4.76. The van der Waals surface area contributed by atoms with Gasteiger partial charge in [0.15, 0.2) is 0 Å². The molecular formula is C21H39NO6. The van der Waals surface area contributed by atoms with E-state index in [0.717, 1.165) is 58.3 Å². The molecule has 0 aliphatic carbocycles. The molecule has 0 aromatic rings. The molecule has 2 aliphatic heterocycles. The Balaban J connectivity index is 1.52. The van der Waals surface area contributed by atoms with Gasteiger partial charge in [-0.3, -0.25) is 9.63 Å². The predicted octanol–water partition coefficient (Wildman–Crippen LogP) is 3.11. The fourth-order valence-corrected chi connectivity index (χ4v) is 2.79. The molecule has 2 aliphatic rings. The van der Waals surface area contributed by atoms with Crippen LogP contribution in [0.3, 0.4) is 0 Å². The fourth-order valence-electron chi connectivity index (χ4n) is 2.79. The first-order valence-corrected chi connectivity index (χ1v) is 11.1. The molecule has 0 saturated carbocycles. The number of carbonyl (C=O) groups excluding carboxylic acids is 1. The van der Waals surface area contributed by atoms with E-state index in [1.807, 2.05) is 0 Å². The number of rotatable bonds is 20. The van der Waals surface area contributed by atoms with Crippen LogP contribution in [0.15, 0.2) is 0 Å². The van der Waals surface area contributed by atoms with Crippen LogP contribution in [0.1, 0.15) is 64.7 Å². The number of nitrogens with zero attached hydrogens (tertiary/aromatic N) is 1. The summed E-state index contributed by atoms with van der Waals surface area (Å²) in [6.45, 7) is 7.83. The van der Waals surface area contributed by atoms with Crippen molar-refractivity contribution in [1.29, 1.82) is 0 Å². The Morgan fingerprint density at radius 1 is 0.857 bits per heavy atom. The molecule has 0 N–H and O–H groups in total. The van der Waals surface area contributed by atoms with Crippen LogP contribution < -0.4 is 0 Å². The molecule has 0 bridgehead atoms. The summed E-state index contributed by atoms with van der Waals surface area (Å²) in [6.07, 6.45) is 9.23. The minimum absolute atomic E-state index is 0.102. The second-order valence-corrected chi connectivity index (χ2v) is 7.61. The third-order valence-corrected chi connectivity index (χ3v) is 4.76. The van der Waals surface area contributed by atoms with Crippen molar-refractivity contribution in [3.05, 3.63) is 0 Å². The molecule has 0 aromatic heterocycles. The maximum Gasteiger partial charge on any atom is 0.246 e. The summed E-state index contributed by atoms with van der Waals surface area (Å²) in [4.78, 5) is 18.3. The van der Waals surface area contributed by atoms with Gasteiger partial charge in [0.05, 0.1) is 33.0 Å². The molecule has 2 unspecified atom stereocenters. The normalized spacial score (nSPS) is 20.3. The molecule has 2 fully saturated rings. The number of amides is 1. The van der Waals surface area contributed by atoms with Crippen LogP contribution in [-0.4, -0.2) is 76.0 Å². The molecular weight excluding hydrogens is 362 g/mol. The average Bonchev–Trinajstić information content (AvgIpc) is 3.60. The molecule has 0 spiro atoms. The quantitative estimate of drug-likeness (QED) is 0.177. The van der Waals surface area contributed by atoms with Gasteiger partial charge in [-0.15, -0.1) is 0 Å². The molecule has 7 heteroatoms. The minimum atomic E-state index is 0.102. The summed E-state index contributed by atoms with van der Waals surface area (Å²) < 4.78 is 21.3. The Morgan fingerprint density at radius 3 is 2.07 bits per heavy atom. The van der Waals surface area contributed by atoms with Crippen molar-refractivity contribution in [3.63, 3.8) is 0 Å². The molecule has 0 radical (unpaired) electrons. The van der Waals surface area contributed by atoms with Crippen molar-refractivity contribution >= 4 is 5.91 Å². The molecule has 28 heavy (non-hydrogen) atoms. The smallest absolute Gasteiger partial charge is 0.246 e. The molecule has 2 rings (SSSR count). The van der Waals surface area contributed by atoms with Crippen LogP contribution >= 0.6 is 0 Å². The second-order valence-electron chi connectivity index (χ2n) is 7.61. The number of epoxide rings is 2. The first-order chi connectivity index (χ1) is 13.8. The van der Waals surface area contributed by atoms with Crippen molar-refractivity contribution in [1.82, 2.24) is 5.06 Å². The van der Waals surface area contributed by atoms with Gasteiger partial charge in [-0.2, -0.15) is 0 Å². The van der Waals surface area contributed by atoms with E-state index < -0.39 is 0 Å². The summed E-state index contributed by atoms with van der Waals surface area (Å²) in [7, 11) is 0. The van der Waals surface area contributed by atoms with E-state index in [0.29, 0.717) is 51.6 Å². The zero-order valence-corrected chi connectivity index (χ0v) is 17.6. The van der Waals surface area contributed by atoms with Crippen LogP contribution in [0.4, 0.5) is 0 Å². The standard InChI is InChI=1S/C21H39NO6/c1-2-3-4-5-10-21(23)22(11-6-7-12-24-15-19-17-26-19)28-14-9-8-13-25-16-20-18-27-20/h19-20H,2-18H2,1H3. The van der Waals surface area contributed by atoms with Crippen molar-refractivity contribution in [2.75, 3.05) is 52.8 Å². The monoisotopic (exact) mass is 401 g/mol. The highest BCUT2D eigenvalue weighted by Gasteiger charge is 2.22. The molecule has 164 valence electrons. The van der Waals surface area contributed by atoms with Crippen molar-refractivity contribution in [3.8, 4) is 0 Å². The average molecular weight is 402 g/mol. The largest absolute Gasteiger partial charge is 0.379 e. The fraction of sp³-hybridized carbons (Fsp3) is 0.952. The second kappa shape index (κ2) is 15.2. The van der Waals surface area contributed by atoms with Crippen LogP contribution in [0.25, 0.3) is 0 Å². The highest BCUT2D eigenvalue weighted by atomic mass is 16.7. The SMILES string of the molecule is CCCCCCC(=O)N(CCCCOCC1CO1)OCCCCOCC1CO1. The zero-order valence-electron chi connectivity index (χ0n) is 17.6. The van der Waals surface area contributed by atoms with E-state index in [-0.39, 0.29) is 5.91 Å². The number of unbranched alkanes of at least 4 members (excludes halogenated alkanes) is 5. The Kier molecular flexibility index (Phi) is 12.7. The van der Waals surface area contributed by atoms with E-state index in [9.17, 15) is 4.79 Å². The van der Waals surface area contributed by atoms with Gasteiger partial charge in [0.2, 0.25) is 5.91 Å². The van der Waals surface area contributed by atoms with Gasteiger partial charge in [-0.05, 0) is 32.1 Å². The first-order valence-electron chi connectivity index (χ1n) is 11.1. The Hall–Kier alpha value is -0.730. The Bertz CT molecular complexity index is 400. The van der Waals surface area contributed by atoms with Crippen LogP contribution in [0.5, 0.6) is 0 Å². The number of hydrogen-bond donors (Lipinski definition) is 0. The molecule has 2 heterocycles. The molecule has 2 atom stereocenters. The maximum absolute atomic E-state index is 12.5. The van der Waals surface area contributed by atoms with Crippen molar-refractivity contribution in [2.24, 2.45) is 0 Å². The lowest BCUT2D eigenvalue weighted by atomic mass is 10.1. The molecule has 0 aromatic carbocycles. The van der Waals surface area contributed by atoms with E-state index in [2.05, 4.69) is 6.92 Å². The maximum atomic E-state index is 12.5. The summed E-state index contributed by atoms with van der Waals surface area (Å²) >= 11 is 0. The lowest BCUT2D eigenvalue weighted by Crippen LogP contribution is -2.32. The summed E-state index contributed by atoms with van der Waals surface area (Å²) in [6, 6.07) is 0. The topological polar surface area (TPSA) is 73.1 Å². The Morgan fingerprint density at radius 2 is 1.46 bits per heavy atom. The Labute approximate surface area is 169 Å². The van der Waals surface area contributed by atoms with Gasteiger partial charge in [0.1, 0.15) is 12.2 Å². The zero-order chi connectivity index (χ0) is 19.9. The van der Waals surface area contributed by atoms with Crippen molar-refractivity contribution in [2.45, 2.75) is 76.9 Å². The van der Waals surface area contributed by atoms with Gasteiger partial charge in [0, 0.05) is 26.2 Å². The number of ether oxygens (including phenoxy) is 4. The van der Waals surface area contributed by atoms with Crippen molar-refractivity contribution < 1.29 is 28.6 Å². The highest BCUT2D eigenvalue weighted by molar-refractivity contribution is 5.74. The van der Waals surface area contributed by atoms with Crippen LogP contribution in [-0.2, 0) is 28.6 Å². The van der Waals surface area contributed by atoms with Crippen LogP contribution in [0.2, 0.25) is 0 Å². The summed E-state index contributed by atoms with van der Waals surface area (Å²) in [5.41, 5.74) is 0. The number of hydrogen-bond acceptors (Lipinski definition) is 6. The minimum Gasteiger partial charge on any atom is -0.379 e. The van der Waals surface area contributed by atoms with E-state index in [4.69, 9.17) is 23.8 Å². The summed E-state index contributed by atoms with van der Waals surface area (Å²) in [5, 5.41) is 1.58. The van der Waals surface area contributed by atoms with E-state index in [1.54, 1.807) is 5.06 Å². The van der Waals surface area contributed by atoms with Gasteiger partial charge < -0.3 is 18.9 Å². The first kappa shape index (κ1) is 23.5. The number of carbonyl (C=O) groups is 1. The molecule has 7 nitrogen and oxygen atoms in total. The van der Waals surface area contributed by atoms with Gasteiger partial charge in [-0.1, -0.05) is 26.2 Å². The lowest BCUT2D eigenvalue weighted by molar-refractivity contribution is -0.188. The predicted molar refractivity (Wildman–Crippen MR) is 106 cm³/mol. The lowest BCUT2D eigenvalue weighted by Gasteiger charge is -2.22. The highest BCUT2D eigenvalue weighted by Crippen LogP contribution is 2.11. The van der Waals surface area contributed by atoms with Crippen LogP contribution in [0, 0.1) is 0 Å².